The van der Waals surface area contributed by atoms with E-state index in [2.05, 4.69) is 11.3 Å². The number of hydrogen-bond acceptors (Lipinski definition) is 1. The van der Waals surface area contributed by atoms with Crippen LogP contribution in [0.15, 0.2) is 24.3 Å². The summed E-state index contributed by atoms with van der Waals surface area (Å²) in [5.41, 5.74) is 2.90. The molecule has 0 atom stereocenters. The maximum absolute atomic E-state index is 12.5. The minimum atomic E-state index is -0.271. The van der Waals surface area contributed by atoms with E-state index in [4.69, 9.17) is 0 Å². The smallest absolute Gasteiger partial charge is 0.151 e. The third-order valence-electron chi connectivity index (χ3n) is 1.06. The zero-order valence-electron chi connectivity index (χ0n) is 4.89. The predicted molar refractivity (Wildman–Crippen MR) is 32.9 cm³/mol. The van der Waals surface area contributed by atoms with Crippen molar-refractivity contribution in [2.24, 2.45) is 0 Å². The van der Waals surface area contributed by atoms with Crippen molar-refractivity contribution in [1.82, 2.24) is 0 Å². The average molecular weight is 127 g/mol. The van der Waals surface area contributed by atoms with Gasteiger partial charge in [-0.2, -0.15) is 0 Å². The average Bonchev–Trinajstić information content (AvgIpc) is 1.89. The molecule has 48 valence electrons. The van der Waals surface area contributed by atoms with Crippen LogP contribution in [0.2, 0.25) is 0 Å². The van der Waals surface area contributed by atoms with Crippen molar-refractivity contribution in [3.63, 3.8) is 0 Å². The molecule has 0 heterocycles. The highest BCUT2D eigenvalue weighted by Gasteiger charge is 1.95. The van der Waals surface area contributed by atoms with Crippen molar-refractivity contribution in [2.45, 2.75) is 0 Å². The summed E-state index contributed by atoms with van der Waals surface area (Å²) >= 11 is 0. The van der Waals surface area contributed by atoms with E-state index in [1.54, 1.807) is 18.2 Å². The van der Waals surface area contributed by atoms with Gasteiger partial charge in [0, 0.05) is 0 Å². The number of benzene rings is 1. The molecule has 0 aliphatic carbocycles. The Hall–Kier alpha value is -1.09. The van der Waals surface area contributed by atoms with Gasteiger partial charge in [-0.05, 0) is 12.1 Å². The Kier molecular flexibility index (Phi) is 1.65. The van der Waals surface area contributed by atoms with E-state index in [1.807, 2.05) is 0 Å². The first kappa shape index (κ1) is 6.04. The summed E-state index contributed by atoms with van der Waals surface area (Å²) in [5.74, 6) is 3.06. The van der Waals surface area contributed by atoms with Crippen LogP contribution in [0.25, 0.3) is 0 Å². The van der Waals surface area contributed by atoms with Crippen LogP contribution in [0.4, 0.5) is 10.1 Å². The van der Waals surface area contributed by atoms with Crippen LogP contribution < -0.4 is 11.3 Å². The van der Waals surface area contributed by atoms with E-state index in [1.165, 1.54) is 6.07 Å². The number of para-hydroxylation sites is 1. The first-order valence-corrected chi connectivity index (χ1v) is 2.62. The number of nitrogens with one attached hydrogen (secondary N) is 1. The Balaban J connectivity index is 3.01. The zero-order chi connectivity index (χ0) is 6.69. The molecule has 9 heavy (non-hydrogen) atoms. The number of rotatable bonds is 1. The topological polar surface area (TPSA) is 39.7 Å². The summed E-state index contributed by atoms with van der Waals surface area (Å²) in [5, 5.41) is 0. The Labute approximate surface area is 52.5 Å². The fraction of sp³-hybridized carbons (Fsp3) is 0. The largest absolute Gasteiger partial charge is 0.258 e. The van der Waals surface area contributed by atoms with E-state index in [0.29, 0.717) is 5.69 Å². The van der Waals surface area contributed by atoms with Gasteiger partial charge in [0.05, 0.1) is 0 Å². The van der Waals surface area contributed by atoms with Crippen LogP contribution in [0, 0.1) is 5.82 Å². The molecule has 2 nitrogen and oxygen atoms in total. The van der Waals surface area contributed by atoms with Crippen LogP contribution in [0.1, 0.15) is 0 Å². The van der Waals surface area contributed by atoms with Crippen LogP contribution in [0.3, 0.4) is 0 Å². The number of hydrogen-bond donors (Lipinski definition) is 2. The van der Waals surface area contributed by atoms with Crippen LogP contribution in [-0.2, 0) is 0 Å². The SMILES string of the molecule is [NH3+]Nc1ccccc1F. The second-order valence-electron chi connectivity index (χ2n) is 1.66. The highest BCUT2D eigenvalue weighted by atomic mass is 19.1. The zero-order valence-corrected chi connectivity index (χ0v) is 4.89. The van der Waals surface area contributed by atoms with Gasteiger partial charge in [-0.1, -0.05) is 12.1 Å². The van der Waals surface area contributed by atoms with Crippen molar-refractivity contribution < 1.29 is 10.2 Å². The predicted octanol–water partition coefficient (Wildman–Crippen LogP) is 0.394. The van der Waals surface area contributed by atoms with Gasteiger partial charge < -0.3 is 0 Å². The maximum atomic E-state index is 12.5. The van der Waals surface area contributed by atoms with Gasteiger partial charge in [-0.15, -0.1) is 0 Å². The summed E-state index contributed by atoms with van der Waals surface area (Å²) < 4.78 is 12.5. The summed E-state index contributed by atoms with van der Waals surface area (Å²) in [7, 11) is 0. The molecule has 0 unspecified atom stereocenters. The van der Waals surface area contributed by atoms with Crippen molar-refractivity contribution in [3.8, 4) is 0 Å². The molecular formula is C6H8FN2+. The molecule has 0 amide bonds. The maximum Gasteiger partial charge on any atom is 0.151 e. The molecule has 1 aromatic rings. The highest BCUT2D eigenvalue weighted by molar-refractivity contribution is 5.41. The lowest BCUT2D eigenvalue weighted by Crippen LogP contribution is -2.56. The lowest BCUT2D eigenvalue weighted by atomic mass is 10.3. The molecule has 1 rings (SSSR count). The molecule has 0 aliphatic heterocycles. The third-order valence-corrected chi connectivity index (χ3v) is 1.06. The van der Waals surface area contributed by atoms with Crippen LogP contribution in [0.5, 0.6) is 0 Å². The van der Waals surface area contributed by atoms with E-state index in [-0.39, 0.29) is 5.82 Å². The Morgan fingerprint density at radius 2 is 2.00 bits per heavy atom. The second kappa shape index (κ2) is 2.46. The van der Waals surface area contributed by atoms with Crippen molar-refractivity contribution >= 4 is 5.69 Å². The third kappa shape index (κ3) is 1.17. The van der Waals surface area contributed by atoms with Gasteiger partial charge in [0.15, 0.2) is 5.82 Å². The quantitative estimate of drug-likeness (QED) is 0.526. The summed E-state index contributed by atoms with van der Waals surface area (Å²) in [6, 6.07) is 6.39. The molecule has 0 fully saturated rings. The Morgan fingerprint density at radius 1 is 1.33 bits per heavy atom. The summed E-state index contributed by atoms with van der Waals surface area (Å²) in [4.78, 5) is 0. The lowest BCUT2D eigenvalue weighted by Gasteiger charge is -1.95. The van der Waals surface area contributed by atoms with E-state index in [0.717, 1.165) is 0 Å². The van der Waals surface area contributed by atoms with Crippen molar-refractivity contribution in [1.29, 1.82) is 0 Å². The van der Waals surface area contributed by atoms with Gasteiger partial charge in [0.1, 0.15) is 5.69 Å². The van der Waals surface area contributed by atoms with Crippen LogP contribution in [-0.4, -0.2) is 0 Å². The minimum Gasteiger partial charge on any atom is -0.258 e. The molecule has 3 heteroatoms. The van der Waals surface area contributed by atoms with Crippen molar-refractivity contribution in [2.75, 3.05) is 5.43 Å². The molecule has 0 radical (unpaired) electrons. The molecule has 0 saturated carbocycles. The van der Waals surface area contributed by atoms with Gasteiger partial charge in [0.2, 0.25) is 0 Å². The first-order valence-electron chi connectivity index (χ1n) is 2.62. The molecule has 0 saturated heterocycles. The highest BCUT2D eigenvalue weighted by Crippen LogP contribution is 2.08. The van der Waals surface area contributed by atoms with E-state index >= 15 is 0 Å². The Morgan fingerprint density at radius 3 is 2.44 bits per heavy atom. The molecule has 4 N–H and O–H groups in total. The fourth-order valence-corrected chi connectivity index (χ4v) is 0.605. The van der Waals surface area contributed by atoms with Gasteiger partial charge in [0.25, 0.3) is 0 Å². The standard InChI is InChI=1S/C6H7FN2/c7-5-3-1-2-4-6(5)9-8/h1-4,9H,8H2/p+1. The van der Waals surface area contributed by atoms with Gasteiger partial charge >= 0.3 is 0 Å². The second-order valence-corrected chi connectivity index (χ2v) is 1.66. The normalized spacial score (nSPS) is 9.11. The molecular weight excluding hydrogens is 119 g/mol. The first-order chi connectivity index (χ1) is 4.34. The van der Waals surface area contributed by atoms with Gasteiger partial charge in [-0.25, -0.2) is 9.82 Å². The fourth-order valence-electron chi connectivity index (χ4n) is 0.605. The van der Waals surface area contributed by atoms with Gasteiger partial charge in [-0.3, -0.25) is 5.84 Å². The van der Waals surface area contributed by atoms with E-state index in [9.17, 15) is 4.39 Å². The number of halogens is 1. The summed E-state index contributed by atoms with van der Waals surface area (Å²) in [6.07, 6.45) is 0. The molecule has 0 aliphatic rings. The molecule has 1 aromatic carbocycles. The molecule has 0 spiro atoms. The molecule has 0 bridgehead atoms. The number of anilines is 1. The lowest BCUT2D eigenvalue weighted by molar-refractivity contribution is -0.325. The van der Waals surface area contributed by atoms with Crippen LogP contribution >= 0.6 is 0 Å². The monoisotopic (exact) mass is 127 g/mol. The van der Waals surface area contributed by atoms with E-state index < -0.39 is 0 Å². The summed E-state index contributed by atoms with van der Waals surface area (Å²) in [6.45, 7) is 0. The Bertz CT molecular complexity index is 200. The van der Waals surface area contributed by atoms with Crippen molar-refractivity contribution in [3.05, 3.63) is 30.1 Å². The molecule has 0 aromatic heterocycles. The minimum absolute atomic E-state index is 0.271. The number of quaternary nitrogens is 1.